The predicted molar refractivity (Wildman–Crippen MR) is 71.6 cm³/mol. The molecular weight excluding hydrogens is 244 g/mol. The van der Waals surface area contributed by atoms with E-state index >= 15 is 0 Å². The van der Waals surface area contributed by atoms with E-state index in [2.05, 4.69) is 10.1 Å². The summed E-state index contributed by atoms with van der Waals surface area (Å²) in [5, 5.41) is 13.3. The molecule has 1 saturated carbocycles. The average Bonchev–Trinajstić information content (AvgIpc) is 2.87. The smallest absolute Gasteiger partial charge is 0.162 e. The fraction of sp³-hybridized carbons (Fsp3) is 0.786. The zero-order valence-corrected chi connectivity index (χ0v) is 11.7. The Kier molecular flexibility index (Phi) is 5.82. The molecule has 0 bridgehead atoms. The Balaban J connectivity index is 1.94. The van der Waals surface area contributed by atoms with Crippen molar-refractivity contribution < 1.29 is 14.4 Å². The molecule has 0 atom stereocenters. The van der Waals surface area contributed by atoms with Gasteiger partial charge in [-0.1, -0.05) is 24.4 Å². The molecule has 19 heavy (non-hydrogen) atoms. The Bertz CT molecular complexity index is 361. The van der Waals surface area contributed by atoms with Gasteiger partial charge in [-0.2, -0.15) is 0 Å². The molecule has 0 amide bonds. The van der Waals surface area contributed by atoms with E-state index in [-0.39, 0.29) is 6.61 Å². The molecule has 0 saturated heterocycles. The van der Waals surface area contributed by atoms with Crippen LogP contribution in [0.3, 0.4) is 0 Å². The lowest BCUT2D eigenvalue weighted by molar-refractivity contribution is 0.114. The van der Waals surface area contributed by atoms with Gasteiger partial charge in [-0.3, -0.25) is 4.90 Å². The quantitative estimate of drug-likeness (QED) is 0.819. The summed E-state index contributed by atoms with van der Waals surface area (Å²) in [6.45, 7) is 2.10. The maximum Gasteiger partial charge on any atom is 0.162 e. The van der Waals surface area contributed by atoms with Crippen LogP contribution in [-0.4, -0.2) is 41.5 Å². The van der Waals surface area contributed by atoms with Crippen molar-refractivity contribution >= 4 is 0 Å². The lowest BCUT2D eigenvalue weighted by Crippen LogP contribution is -2.38. The number of aliphatic hydroxyl groups is 1. The third-order valence-electron chi connectivity index (χ3n) is 3.74. The predicted octanol–water partition coefficient (Wildman–Crippen LogP) is 1.95. The number of rotatable bonds is 7. The van der Waals surface area contributed by atoms with E-state index in [1.165, 1.54) is 32.1 Å². The van der Waals surface area contributed by atoms with Crippen molar-refractivity contribution in [3.63, 3.8) is 0 Å². The summed E-state index contributed by atoms with van der Waals surface area (Å²) in [4.78, 5) is 2.33. The van der Waals surface area contributed by atoms with Gasteiger partial charge in [-0.05, 0) is 12.8 Å². The number of aromatic nitrogens is 1. The molecule has 1 heterocycles. The molecule has 108 valence electrons. The Hall–Kier alpha value is -0.910. The molecule has 0 radical (unpaired) electrons. The molecule has 1 N–H and O–H groups in total. The van der Waals surface area contributed by atoms with Crippen molar-refractivity contribution in [3.05, 3.63) is 17.5 Å². The van der Waals surface area contributed by atoms with Crippen LogP contribution in [0.25, 0.3) is 0 Å². The largest absolute Gasteiger partial charge is 0.395 e. The molecule has 2 rings (SSSR count). The van der Waals surface area contributed by atoms with Crippen molar-refractivity contribution in [3.8, 4) is 0 Å². The highest BCUT2D eigenvalue weighted by molar-refractivity contribution is 5.04. The highest BCUT2D eigenvalue weighted by Crippen LogP contribution is 2.23. The third kappa shape index (κ3) is 4.30. The number of hydrogen-bond acceptors (Lipinski definition) is 5. The molecule has 1 aliphatic carbocycles. The van der Waals surface area contributed by atoms with Gasteiger partial charge >= 0.3 is 0 Å². The van der Waals surface area contributed by atoms with Crippen molar-refractivity contribution in [2.75, 3.05) is 20.3 Å². The molecule has 1 aromatic heterocycles. The molecule has 0 unspecified atom stereocenters. The molecule has 1 aromatic rings. The minimum atomic E-state index is 0.194. The normalized spacial score (nSPS) is 17.2. The maximum absolute atomic E-state index is 9.23. The van der Waals surface area contributed by atoms with E-state index in [1.807, 2.05) is 6.07 Å². The number of hydrogen-bond donors (Lipinski definition) is 1. The van der Waals surface area contributed by atoms with E-state index in [1.54, 1.807) is 7.11 Å². The molecule has 5 heteroatoms. The van der Waals surface area contributed by atoms with E-state index < -0.39 is 0 Å². The Morgan fingerprint density at radius 2 is 2.21 bits per heavy atom. The van der Waals surface area contributed by atoms with Crippen molar-refractivity contribution in [1.82, 2.24) is 10.1 Å². The van der Waals surface area contributed by atoms with Crippen molar-refractivity contribution in [2.24, 2.45) is 0 Å². The summed E-state index contributed by atoms with van der Waals surface area (Å²) in [5.41, 5.74) is 0.922. The van der Waals surface area contributed by atoms with Crippen LogP contribution in [0.5, 0.6) is 0 Å². The molecule has 0 aliphatic heterocycles. The summed E-state index contributed by atoms with van der Waals surface area (Å²) < 4.78 is 10.2. The molecule has 5 nitrogen and oxygen atoms in total. The molecule has 1 fully saturated rings. The Morgan fingerprint density at radius 1 is 1.42 bits per heavy atom. The lowest BCUT2D eigenvalue weighted by Gasteiger charge is -2.33. The van der Waals surface area contributed by atoms with Gasteiger partial charge in [0.15, 0.2) is 5.76 Å². The van der Waals surface area contributed by atoms with Crippen LogP contribution in [0.2, 0.25) is 0 Å². The Labute approximate surface area is 114 Å². The van der Waals surface area contributed by atoms with Gasteiger partial charge in [0, 0.05) is 32.3 Å². The summed E-state index contributed by atoms with van der Waals surface area (Å²) in [6.07, 6.45) is 6.37. The van der Waals surface area contributed by atoms with E-state index in [0.717, 1.165) is 18.0 Å². The van der Waals surface area contributed by atoms with E-state index in [0.29, 0.717) is 19.2 Å². The molecular formula is C14H24N2O3. The zero-order chi connectivity index (χ0) is 13.5. The van der Waals surface area contributed by atoms with Crippen LogP contribution in [0.15, 0.2) is 10.6 Å². The average molecular weight is 268 g/mol. The van der Waals surface area contributed by atoms with Crippen LogP contribution in [0.4, 0.5) is 0 Å². The summed E-state index contributed by atoms with van der Waals surface area (Å²) >= 11 is 0. The summed E-state index contributed by atoms with van der Waals surface area (Å²) in [5.74, 6) is 0.755. The second-order valence-corrected chi connectivity index (χ2v) is 5.20. The second kappa shape index (κ2) is 7.62. The van der Waals surface area contributed by atoms with Crippen molar-refractivity contribution in [1.29, 1.82) is 0 Å². The van der Waals surface area contributed by atoms with Crippen molar-refractivity contribution in [2.45, 2.75) is 51.3 Å². The van der Waals surface area contributed by atoms with Gasteiger partial charge in [0.2, 0.25) is 0 Å². The van der Waals surface area contributed by atoms with Gasteiger partial charge in [0.1, 0.15) is 6.61 Å². The fourth-order valence-corrected chi connectivity index (χ4v) is 2.81. The topological polar surface area (TPSA) is 58.7 Å². The van der Waals surface area contributed by atoms with E-state index in [4.69, 9.17) is 9.26 Å². The first-order valence-electron chi connectivity index (χ1n) is 7.12. The summed E-state index contributed by atoms with van der Waals surface area (Å²) in [6, 6.07) is 2.51. The van der Waals surface area contributed by atoms with Crippen LogP contribution >= 0.6 is 0 Å². The van der Waals surface area contributed by atoms with E-state index in [9.17, 15) is 5.11 Å². The van der Waals surface area contributed by atoms with Crippen LogP contribution in [0.1, 0.15) is 43.6 Å². The highest BCUT2D eigenvalue weighted by atomic mass is 16.5. The number of aliphatic hydroxyl groups excluding tert-OH is 1. The fourth-order valence-electron chi connectivity index (χ4n) is 2.81. The SMILES string of the molecule is COCc1cc(CN(CCO)C2CCCCC2)no1. The van der Waals surface area contributed by atoms with Crippen LogP contribution < -0.4 is 0 Å². The van der Waals surface area contributed by atoms with Gasteiger partial charge in [0.25, 0.3) is 0 Å². The number of nitrogens with zero attached hydrogens (tertiary/aromatic N) is 2. The lowest BCUT2D eigenvalue weighted by atomic mass is 9.94. The van der Waals surface area contributed by atoms with Gasteiger partial charge in [-0.15, -0.1) is 0 Å². The minimum Gasteiger partial charge on any atom is -0.395 e. The molecule has 1 aliphatic rings. The number of methoxy groups -OCH3 is 1. The highest BCUT2D eigenvalue weighted by Gasteiger charge is 2.21. The molecule has 0 spiro atoms. The second-order valence-electron chi connectivity index (χ2n) is 5.20. The zero-order valence-electron chi connectivity index (χ0n) is 11.7. The standard InChI is InChI=1S/C14H24N2O3/c1-18-11-14-9-12(15-19-14)10-16(7-8-17)13-5-3-2-4-6-13/h9,13,17H,2-8,10-11H2,1H3. The Morgan fingerprint density at radius 3 is 2.89 bits per heavy atom. The minimum absolute atomic E-state index is 0.194. The van der Waals surface area contributed by atoms with Gasteiger partial charge in [-0.25, -0.2) is 0 Å². The molecule has 0 aromatic carbocycles. The van der Waals surface area contributed by atoms with Crippen LogP contribution in [-0.2, 0) is 17.9 Å². The first kappa shape index (κ1) is 14.5. The monoisotopic (exact) mass is 268 g/mol. The maximum atomic E-state index is 9.23. The van der Waals surface area contributed by atoms with Gasteiger partial charge in [0.05, 0.1) is 12.3 Å². The first-order chi connectivity index (χ1) is 9.33. The van der Waals surface area contributed by atoms with Crippen LogP contribution in [0, 0.1) is 0 Å². The third-order valence-corrected chi connectivity index (χ3v) is 3.74. The van der Waals surface area contributed by atoms with Gasteiger partial charge < -0.3 is 14.4 Å². The first-order valence-corrected chi connectivity index (χ1v) is 7.12. The summed E-state index contributed by atoms with van der Waals surface area (Å²) in [7, 11) is 1.64. The number of ether oxygens (including phenoxy) is 1.